The molecular weight excluding hydrogens is 176 g/mol. The predicted octanol–water partition coefficient (Wildman–Crippen LogP) is 0.317. The molecule has 14 heavy (non-hydrogen) atoms. The summed E-state index contributed by atoms with van der Waals surface area (Å²) in [7, 11) is 2.13. The summed E-state index contributed by atoms with van der Waals surface area (Å²) >= 11 is 0. The third-order valence-corrected chi connectivity index (χ3v) is 3.38. The van der Waals surface area contributed by atoms with Gasteiger partial charge in [0.2, 0.25) is 0 Å². The summed E-state index contributed by atoms with van der Waals surface area (Å²) in [5.74, 6) is 0. The van der Waals surface area contributed by atoms with E-state index in [4.69, 9.17) is 5.73 Å². The Hall–Kier alpha value is -0.870. The molecule has 0 atom stereocenters. The first kappa shape index (κ1) is 8.44. The Morgan fingerprint density at radius 3 is 2.79 bits per heavy atom. The highest BCUT2D eigenvalue weighted by molar-refractivity contribution is 5.24. The van der Waals surface area contributed by atoms with E-state index in [-0.39, 0.29) is 5.54 Å². The van der Waals surface area contributed by atoms with Gasteiger partial charge >= 0.3 is 0 Å². The fourth-order valence-corrected chi connectivity index (χ4v) is 2.05. The third-order valence-electron chi connectivity index (χ3n) is 3.38. The highest BCUT2D eigenvalue weighted by atomic mass is 15.4. The first-order valence-corrected chi connectivity index (χ1v) is 5.19. The molecule has 2 N–H and O–H groups in total. The van der Waals surface area contributed by atoms with Crippen LogP contribution in [0.15, 0.2) is 12.4 Å². The fraction of sp³-hybridized carbons (Fsp3) is 0.700. The van der Waals surface area contributed by atoms with Crippen LogP contribution in [0.5, 0.6) is 0 Å². The molecule has 2 fully saturated rings. The molecule has 0 bridgehead atoms. The molecule has 1 saturated heterocycles. The van der Waals surface area contributed by atoms with Gasteiger partial charge in [-0.1, -0.05) is 0 Å². The average molecular weight is 192 g/mol. The van der Waals surface area contributed by atoms with Gasteiger partial charge < -0.3 is 10.6 Å². The molecule has 3 rings (SSSR count). The summed E-state index contributed by atoms with van der Waals surface area (Å²) in [6.07, 6.45) is 6.29. The Labute approximate surface area is 83.7 Å². The zero-order valence-electron chi connectivity index (χ0n) is 8.48. The third kappa shape index (κ3) is 1.18. The lowest BCUT2D eigenvalue weighted by molar-refractivity contribution is 0.130. The number of rotatable bonds is 2. The molecule has 0 radical (unpaired) electrons. The molecule has 0 unspecified atom stereocenters. The molecule has 1 saturated carbocycles. The van der Waals surface area contributed by atoms with Crippen molar-refractivity contribution in [3.63, 3.8) is 0 Å². The lowest BCUT2D eigenvalue weighted by Crippen LogP contribution is -2.45. The van der Waals surface area contributed by atoms with Crippen LogP contribution in [-0.2, 0) is 5.54 Å². The van der Waals surface area contributed by atoms with Gasteiger partial charge in [0.25, 0.3) is 0 Å². The molecule has 2 aliphatic rings. The highest BCUT2D eigenvalue weighted by Crippen LogP contribution is 2.42. The average Bonchev–Trinajstić information content (AvgIpc) is 2.66. The van der Waals surface area contributed by atoms with Crippen molar-refractivity contribution in [3.8, 4) is 0 Å². The second kappa shape index (κ2) is 2.58. The number of hydrogen-bond donors (Lipinski definition) is 1. The van der Waals surface area contributed by atoms with Crippen molar-refractivity contribution in [2.45, 2.75) is 24.4 Å². The van der Waals surface area contributed by atoms with Crippen LogP contribution in [0, 0.1) is 0 Å². The van der Waals surface area contributed by atoms with Gasteiger partial charge in [-0.25, -0.2) is 0 Å². The van der Waals surface area contributed by atoms with Crippen LogP contribution in [0.25, 0.3) is 0 Å². The Balaban J connectivity index is 1.77. The lowest BCUT2D eigenvalue weighted by Gasteiger charge is -2.36. The van der Waals surface area contributed by atoms with Crippen molar-refractivity contribution < 1.29 is 0 Å². The van der Waals surface area contributed by atoms with E-state index < -0.39 is 0 Å². The monoisotopic (exact) mass is 192 g/mol. The van der Waals surface area contributed by atoms with Crippen molar-refractivity contribution in [2.24, 2.45) is 5.73 Å². The molecule has 0 spiro atoms. The minimum Gasteiger partial charge on any atom is -0.321 e. The maximum absolute atomic E-state index is 6.10. The maximum Gasteiger partial charge on any atom is 0.0772 e. The fourth-order valence-electron chi connectivity index (χ4n) is 2.05. The molecule has 0 amide bonds. The van der Waals surface area contributed by atoms with E-state index in [1.165, 1.54) is 5.56 Å². The standard InChI is InChI=1S/C10H16N4/c1-13-6-9(7-13)14-5-8(4-12-14)10(11)2-3-10/h4-5,9H,2-3,6-7,11H2,1H3. The van der Waals surface area contributed by atoms with E-state index in [1.54, 1.807) is 0 Å². The van der Waals surface area contributed by atoms with Crippen molar-refractivity contribution in [2.75, 3.05) is 20.1 Å². The number of aromatic nitrogens is 2. The van der Waals surface area contributed by atoms with Crippen LogP contribution in [0.4, 0.5) is 0 Å². The van der Waals surface area contributed by atoms with E-state index in [0.717, 1.165) is 25.9 Å². The second-order valence-electron chi connectivity index (χ2n) is 4.74. The topological polar surface area (TPSA) is 47.1 Å². The first-order chi connectivity index (χ1) is 6.67. The van der Waals surface area contributed by atoms with Gasteiger partial charge in [-0.15, -0.1) is 0 Å². The lowest BCUT2D eigenvalue weighted by atomic mass is 10.1. The zero-order valence-corrected chi connectivity index (χ0v) is 8.48. The number of hydrogen-bond acceptors (Lipinski definition) is 3. The summed E-state index contributed by atoms with van der Waals surface area (Å²) in [5, 5.41) is 4.39. The van der Waals surface area contributed by atoms with Crippen molar-refractivity contribution >= 4 is 0 Å². The van der Waals surface area contributed by atoms with Crippen molar-refractivity contribution in [3.05, 3.63) is 18.0 Å². The molecular formula is C10H16N4. The smallest absolute Gasteiger partial charge is 0.0772 e. The van der Waals surface area contributed by atoms with Crippen LogP contribution in [-0.4, -0.2) is 34.8 Å². The van der Waals surface area contributed by atoms with E-state index in [2.05, 4.69) is 27.9 Å². The van der Waals surface area contributed by atoms with Gasteiger partial charge in [-0.2, -0.15) is 5.10 Å². The van der Waals surface area contributed by atoms with Crippen LogP contribution in [0.3, 0.4) is 0 Å². The molecule has 4 nitrogen and oxygen atoms in total. The quantitative estimate of drug-likeness (QED) is 0.734. The molecule has 1 aromatic heterocycles. The summed E-state index contributed by atoms with van der Waals surface area (Å²) < 4.78 is 2.07. The Kier molecular flexibility index (Phi) is 1.56. The number of likely N-dealkylation sites (N-methyl/N-ethyl adjacent to an activating group) is 1. The van der Waals surface area contributed by atoms with Gasteiger partial charge in [-0.05, 0) is 19.9 Å². The maximum atomic E-state index is 6.10. The first-order valence-electron chi connectivity index (χ1n) is 5.19. The SMILES string of the molecule is CN1CC(n2cc(C3(N)CC3)cn2)C1. The summed E-state index contributed by atoms with van der Waals surface area (Å²) in [4.78, 5) is 2.29. The predicted molar refractivity (Wildman–Crippen MR) is 53.9 cm³/mol. The number of nitrogens with two attached hydrogens (primary N) is 1. The largest absolute Gasteiger partial charge is 0.321 e. The Morgan fingerprint density at radius 1 is 1.50 bits per heavy atom. The second-order valence-corrected chi connectivity index (χ2v) is 4.74. The van der Waals surface area contributed by atoms with Gasteiger partial charge in [-0.3, -0.25) is 4.68 Å². The van der Waals surface area contributed by atoms with E-state index >= 15 is 0 Å². The Bertz CT molecular complexity index is 347. The van der Waals surface area contributed by atoms with Gasteiger partial charge in [0.15, 0.2) is 0 Å². The summed E-state index contributed by atoms with van der Waals surface area (Å²) in [5.41, 5.74) is 7.29. The van der Waals surface area contributed by atoms with Crippen LogP contribution in [0.1, 0.15) is 24.4 Å². The summed E-state index contributed by atoms with van der Waals surface area (Å²) in [6, 6.07) is 0.566. The number of likely N-dealkylation sites (tertiary alicyclic amines) is 1. The normalized spacial score (nSPS) is 26.1. The molecule has 1 aromatic rings. The van der Waals surface area contributed by atoms with E-state index in [9.17, 15) is 0 Å². The van der Waals surface area contributed by atoms with Crippen molar-refractivity contribution in [1.29, 1.82) is 0 Å². The molecule has 4 heteroatoms. The van der Waals surface area contributed by atoms with Gasteiger partial charge in [0, 0.05) is 30.4 Å². The Morgan fingerprint density at radius 2 is 2.21 bits per heavy atom. The molecule has 2 heterocycles. The minimum absolute atomic E-state index is 0.0338. The molecule has 1 aliphatic carbocycles. The van der Waals surface area contributed by atoms with Crippen molar-refractivity contribution in [1.82, 2.24) is 14.7 Å². The van der Waals surface area contributed by atoms with Gasteiger partial charge in [0.05, 0.1) is 12.2 Å². The number of nitrogens with zero attached hydrogens (tertiary/aromatic N) is 3. The molecule has 76 valence electrons. The minimum atomic E-state index is -0.0338. The summed E-state index contributed by atoms with van der Waals surface area (Å²) in [6.45, 7) is 2.22. The zero-order chi connectivity index (χ0) is 9.76. The van der Waals surface area contributed by atoms with Crippen LogP contribution < -0.4 is 5.73 Å². The van der Waals surface area contributed by atoms with E-state index in [1.807, 2.05) is 6.20 Å². The van der Waals surface area contributed by atoms with E-state index in [0.29, 0.717) is 6.04 Å². The van der Waals surface area contributed by atoms with Crippen LogP contribution >= 0.6 is 0 Å². The highest BCUT2D eigenvalue weighted by Gasteiger charge is 2.41. The van der Waals surface area contributed by atoms with Gasteiger partial charge in [0.1, 0.15) is 0 Å². The molecule has 0 aromatic carbocycles. The van der Waals surface area contributed by atoms with Crippen LogP contribution in [0.2, 0.25) is 0 Å². The molecule has 1 aliphatic heterocycles.